The molecule has 3 aromatic rings. The van der Waals surface area contributed by atoms with Crippen LogP contribution in [0.15, 0.2) is 59.0 Å². The number of oxazole rings is 1. The minimum absolute atomic E-state index is 0.00178. The maximum absolute atomic E-state index is 12.6. The van der Waals surface area contributed by atoms with Crippen LogP contribution in [0.3, 0.4) is 0 Å². The molecule has 0 bridgehead atoms. The number of aromatic nitrogens is 1. The van der Waals surface area contributed by atoms with Gasteiger partial charge in [0.2, 0.25) is 11.8 Å². The number of hydrogen-bond donors (Lipinski definition) is 1. The Morgan fingerprint density at radius 3 is 2.32 bits per heavy atom. The highest BCUT2D eigenvalue weighted by Gasteiger charge is 2.40. The van der Waals surface area contributed by atoms with Crippen molar-refractivity contribution in [3.8, 4) is 22.7 Å². The topological polar surface area (TPSA) is 55.1 Å². The average molecular weight is 367 g/mol. The molecule has 1 amide bonds. The van der Waals surface area contributed by atoms with Gasteiger partial charge in [0.15, 0.2) is 0 Å². The molecule has 0 aliphatic rings. The zero-order chi connectivity index (χ0) is 18.0. The van der Waals surface area contributed by atoms with Gasteiger partial charge in [0.05, 0.1) is 10.6 Å². The predicted octanol–water partition coefficient (Wildman–Crippen LogP) is 5.16. The summed E-state index contributed by atoms with van der Waals surface area (Å²) in [5, 5.41) is 2.04. The molecule has 1 heterocycles. The van der Waals surface area contributed by atoms with Crippen molar-refractivity contribution < 1.29 is 22.4 Å². The van der Waals surface area contributed by atoms with Gasteiger partial charge in [0.1, 0.15) is 5.69 Å². The summed E-state index contributed by atoms with van der Waals surface area (Å²) in [7, 11) is 0. The first-order chi connectivity index (χ1) is 11.9. The van der Waals surface area contributed by atoms with Gasteiger partial charge in [0, 0.05) is 5.56 Å². The lowest BCUT2D eigenvalue weighted by Crippen LogP contribution is -2.29. The van der Waals surface area contributed by atoms with Crippen LogP contribution in [0.4, 0.5) is 19.1 Å². The number of nitrogens with zero attached hydrogens (tertiary/aromatic N) is 1. The molecule has 1 N–H and O–H groups in total. The van der Waals surface area contributed by atoms with Crippen molar-refractivity contribution in [2.45, 2.75) is 6.18 Å². The molecule has 0 unspecified atom stereocenters. The molecule has 0 atom stereocenters. The number of rotatable bonds is 3. The number of alkyl halides is 3. The van der Waals surface area contributed by atoms with Crippen molar-refractivity contribution in [3.05, 3.63) is 59.6 Å². The van der Waals surface area contributed by atoms with Crippen LogP contribution in [0.5, 0.6) is 0 Å². The summed E-state index contributed by atoms with van der Waals surface area (Å²) in [5.74, 6) is -2.54. The highest BCUT2D eigenvalue weighted by atomic mass is 35.5. The summed E-state index contributed by atoms with van der Waals surface area (Å²) in [6.45, 7) is 0. The second-order valence-electron chi connectivity index (χ2n) is 4.99. The molecular weight excluding hydrogens is 357 g/mol. The quantitative estimate of drug-likeness (QED) is 0.696. The van der Waals surface area contributed by atoms with E-state index in [1.165, 1.54) is 0 Å². The van der Waals surface area contributed by atoms with E-state index in [9.17, 15) is 18.0 Å². The number of carbonyl (C=O) groups excluding carboxylic acids is 1. The second kappa shape index (κ2) is 6.60. The van der Waals surface area contributed by atoms with E-state index in [0.717, 1.165) is 0 Å². The normalized spacial score (nSPS) is 11.4. The number of halogens is 4. The molecule has 2 aromatic carbocycles. The Morgan fingerprint density at radius 2 is 1.68 bits per heavy atom. The van der Waals surface area contributed by atoms with Crippen LogP contribution < -0.4 is 5.32 Å². The summed E-state index contributed by atoms with van der Waals surface area (Å²) in [6, 6.07) is 15.0. The van der Waals surface area contributed by atoms with Crippen molar-refractivity contribution >= 4 is 23.4 Å². The largest absolute Gasteiger partial charge is 0.471 e. The lowest BCUT2D eigenvalue weighted by molar-refractivity contribution is -0.167. The predicted molar refractivity (Wildman–Crippen MR) is 87.1 cm³/mol. The Hall–Kier alpha value is -2.80. The monoisotopic (exact) mass is 366 g/mol. The van der Waals surface area contributed by atoms with E-state index in [4.69, 9.17) is 16.0 Å². The number of nitrogens with one attached hydrogen (secondary N) is 1. The number of anilines is 1. The van der Waals surface area contributed by atoms with Crippen LogP contribution in [0, 0.1) is 0 Å². The molecule has 0 aliphatic carbocycles. The Bertz CT molecular complexity index is 908. The fourth-order valence-electron chi connectivity index (χ4n) is 2.12. The van der Waals surface area contributed by atoms with Crippen LogP contribution in [-0.2, 0) is 4.79 Å². The van der Waals surface area contributed by atoms with Gasteiger partial charge in [-0.2, -0.15) is 13.2 Å². The van der Waals surface area contributed by atoms with Gasteiger partial charge >= 0.3 is 12.1 Å². The number of benzene rings is 2. The maximum atomic E-state index is 12.6. The molecule has 1 aromatic heterocycles. The highest BCUT2D eigenvalue weighted by molar-refractivity contribution is 6.33. The van der Waals surface area contributed by atoms with Crippen molar-refractivity contribution in [2.75, 3.05) is 5.32 Å². The number of amides is 1. The molecule has 0 spiro atoms. The Balaban J connectivity index is 2.09. The standard InChI is InChI=1S/C17H10ClF3N2O2/c18-12-9-5-4-8-11(12)14-22-13(10-6-2-1-3-7-10)15(25-14)23-16(24)17(19,20)21/h1-9H,(H,23,24). The van der Waals surface area contributed by atoms with Crippen molar-refractivity contribution in [3.63, 3.8) is 0 Å². The van der Waals surface area contributed by atoms with Gasteiger partial charge in [-0.25, -0.2) is 4.98 Å². The molecule has 3 rings (SSSR count). The van der Waals surface area contributed by atoms with Crippen LogP contribution >= 0.6 is 11.6 Å². The van der Waals surface area contributed by atoms with Crippen molar-refractivity contribution in [1.29, 1.82) is 0 Å². The van der Waals surface area contributed by atoms with Gasteiger partial charge in [-0.3, -0.25) is 10.1 Å². The number of carbonyl (C=O) groups is 1. The van der Waals surface area contributed by atoms with Crippen LogP contribution in [0.2, 0.25) is 5.02 Å². The van der Waals surface area contributed by atoms with Gasteiger partial charge in [-0.05, 0) is 12.1 Å². The van der Waals surface area contributed by atoms with E-state index in [-0.39, 0.29) is 11.6 Å². The molecule has 0 saturated carbocycles. The van der Waals surface area contributed by atoms with Crippen molar-refractivity contribution in [1.82, 2.24) is 4.98 Å². The van der Waals surface area contributed by atoms with Gasteiger partial charge < -0.3 is 4.42 Å². The summed E-state index contributed by atoms with van der Waals surface area (Å²) in [4.78, 5) is 15.5. The Kier molecular flexibility index (Phi) is 4.50. The SMILES string of the molecule is O=C(Nc1oc(-c2ccccc2Cl)nc1-c1ccccc1)C(F)(F)F. The van der Waals surface area contributed by atoms with E-state index in [2.05, 4.69) is 4.98 Å². The Morgan fingerprint density at radius 1 is 1.04 bits per heavy atom. The summed E-state index contributed by atoms with van der Waals surface area (Å²) < 4.78 is 43.1. The van der Waals surface area contributed by atoms with Crippen LogP contribution in [0.25, 0.3) is 22.7 Å². The molecule has 4 nitrogen and oxygen atoms in total. The smallest absolute Gasteiger partial charge is 0.420 e. The minimum atomic E-state index is -5.05. The molecule has 0 saturated heterocycles. The molecule has 25 heavy (non-hydrogen) atoms. The first-order valence-corrected chi connectivity index (χ1v) is 7.43. The van der Waals surface area contributed by atoms with E-state index in [1.54, 1.807) is 59.9 Å². The van der Waals surface area contributed by atoms with Crippen LogP contribution in [0.1, 0.15) is 0 Å². The lowest BCUT2D eigenvalue weighted by atomic mass is 10.1. The summed E-state index contributed by atoms with van der Waals surface area (Å²) >= 11 is 6.08. The van der Waals surface area contributed by atoms with Crippen LogP contribution in [-0.4, -0.2) is 17.1 Å². The molecule has 0 aliphatic heterocycles. The minimum Gasteiger partial charge on any atom is -0.420 e. The second-order valence-corrected chi connectivity index (χ2v) is 5.40. The maximum Gasteiger partial charge on any atom is 0.471 e. The highest BCUT2D eigenvalue weighted by Crippen LogP contribution is 2.36. The third-order valence-electron chi connectivity index (χ3n) is 3.26. The third kappa shape index (κ3) is 3.66. The summed E-state index contributed by atoms with van der Waals surface area (Å²) in [6.07, 6.45) is -5.05. The zero-order valence-corrected chi connectivity index (χ0v) is 13.2. The number of hydrogen-bond acceptors (Lipinski definition) is 3. The van der Waals surface area contributed by atoms with E-state index >= 15 is 0 Å². The van der Waals surface area contributed by atoms with E-state index in [1.807, 2.05) is 0 Å². The van der Waals surface area contributed by atoms with Gasteiger partial charge in [0.25, 0.3) is 0 Å². The fourth-order valence-corrected chi connectivity index (χ4v) is 2.34. The Labute approximate surface area is 145 Å². The molecular formula is C17H10ClF3N2O2. The van der Waals surface area contributed by atoms with E-state index < -0.39 is 18.0 Å². The average Bonchev–Trinajstić information content (AvgIpc) is 2.99. The van der Waals surface area contributed by atoms with Gasteiger partial charge in [-0.1, -0.05) is 54.1 Å². The first-order valence-electron chi connectivity index (χ1n) is 7.05. The molecule has 8 heteroatoms. The van der Waals surface area contributed by atoms with Crippen molar-refractivity contribution in [2.24, 2.45) is 0 Å². The molecule has 0 fully saturated rings. The zero-order valence-electron chi connectivity index (χ0n) is 12.5. The molecule has 0 radical (unpaired) electrons. The first kappa shape index (κ1) is 17.0. The fraction of sp³-hybridized carbons (Fsp3) is 0.0588. The van der Waals surface area contributed by atoms with Gasteiger partial charge in [-0.15, -0.1) is 0 Å². The molecule has 128 valence electrons. The third-order valence-corrected chi connectivity index (χ3v) is 3.59. The summed E-state index contributed by atoms with van der Waals surface area (Å²) in [5.41, 5.74) is 0.962. The lowest BCUT2D eigenvalue weighted by Gasteiger charge is -2.06. The van der Waals surface area contributed by atoms with E-state index in [0.29, 0.717) is 16.1 Å².